The normalized spacial score (nSPS) is 11.8. The summed E-state index contributed by atoms with van der Waals surface area (Å²) in [6, 6.07) is 3.16. The van der Waals surface area contributed by atoms with Gasteiger partial charge in [0.05, 0.1) is 22.0 Å². The molecule has 1 heterocycles. The Morgan fingerprint density at radius 1 is 1.29 bits per heavy atom. The molecule has 0 bridgehead atoms. The van der Waals surface area contributed by atoms with Crippen LogP contribution in [0.4, 0.5) is 18.9 Å². The van der Waals surface area contributed by atoms with Crippen molar-refractivity contribution < 1.29 is 13.2 Å². The number of hydrogen-bond acceptors (Lipinski definition) is 2. The van der Waals surface area contributed by atoms with Crippen LogP contribution in [0.5, 0.6) is 0 Å². The average Bonchev–Trinajstić information content (AvgIpc) is 2.61. The molecule has 0 spiro atoms. The molecule has 0 radical (unpaired) electrons. The van der Waals surface area contributed by atoms with Gasteiger partial charge >= 0.3 is 6.18 Å². The van der Waals surface area contributed by atoms with E-state index in [2.05, 4.69) is 10.4 Å². The fourth-order valence-corrected chi connectivity index (χ4v) is 2.38. The lowest BCUT2D eigenvalue weighted by Crippen LogP contribution is -2.06. The van der Waals surface area contributed by atoms with Gasteiger partial charge in [-0.05, 0) is 25.1 Å². The Bertz CT molecular complexity index is 665. The number of hydrogen-bond donors (Lipinski definition) is 1. The van der Waals surface area contributed by atoms with Crippen molar-refractivity contribution in [1.29, 1.82) is 0 Å². The molecule has 1 aromatic heterocycles. The van der Waals surface area contributed by atoms with Crippen molar-refractivity contribution in [2.45, 2.75) is 19.6 Å². The van der Waals surface area contributed by atoms with Gasteiger partial charge in [-0.1, -0.05) is 23.2 Å². The van der Waals surface area contributed by atoms with Crippen LogP contribution in [0.15, 0.2) is 18.2 Å². The quantitative estimate of drug-likeness (QED) is 0.882. The zero-order chi connectivity index (χ0) is 15.8. The number of aromatic nitrogens is 2. The van der Waals surface area contributed by atoms with Gasteiger partial charge in [-0.15, -0.1) is 0 Å². The van der Waals surface area contributed by atoms with Crippen molar-refractivity contribution in [2.75, 3.05) is 5.32 Å². The van der Waals surface area contributed by atoms with Crippen LogP contribution in [0.3, 0.4) is 0 Å². The fraction of sp³-hybridized carbons (Fsp3) is 0.308. The van der Waals surface area contributed by atoms with Gasteiger partial charge in [-0.3, -0.25) is 4.68 Å². The minimum Gasteiger partial charge on any atom is -0.380 e. The predicted molar refractivity (Wildman–Crippen MR) is 76.7 cm³/mol. The Labute approximate surface area is 129 Å². The van der Waals surface area contributed by atoms with E-state index in [0.717, 1.165) is 23.4 Å². The molecule has 0 aliphatic rings. The number of nitrogens with zero attached hydrogens (tertiary/aromatic N) is 2. The molecule has 2 aromatic rings. The molecule has 1 N–H and O–H groups in total. The monoisotopic (exact) mass is 337 g/mol. The first-order valence-electron chi connectivity index (χ1n) is 5.98. The van der Waals surface area contributed by atoms with E-state index in [9.17, 15) is 13.2 Å². The molecule has 8 heteroatoms. The average molecular weight is 338 g/mol. The molecule has 2 rings (SSSR count). The van der Waals surface area contributed by atoms with E-state index < -0.39 is 11.7 Å². The number of anilines is 1. The summed E-state index contributed by atoms with van der Waals surface area (Å²) in [5, 5.41) is 7.60. The zero-order valence-corrected chi connectivity index (χ0v) is 12.7. The molecule has 0 aliphatic heterocycles. The molecular weight excluding hydrogens is 326 g/mol. The number of rotatable bonds is 3. The molecular formula is C13H12Cl2F3N3. The summed E-state index contributed by atoms with van der Waals surface area (Å²) in [6.45, 7) is 2.13. The lowest BCUT2D eigenvalue weighted by molar-refractivity contribution is -0.137. The predicted octanol–water partition coefficient (Wildman–Crippen LogP) is 4.67. The van der Waals surface area contributed by atoms with Gasteiger partial charge in [0.25, 0.3) is 0 Å². The van der Waals surface area contributed by atoms with Crippen molar-refractivity contribution in [3.8, 4) is 0 Å². The molecule has 0 fully saturated rings. The minimum atomic E-state index is -4.41. The van der Waals surface area contributed by atoms with Crippen LogP contribution in [-0.2, 0) is 19.8 Å². The van der Waals surface area contributed by atoms with Gasteiger partial charge in [-0.2, -0.15) is 18.3 Å². The van der Waals surface area contributed by atoms with Crippen LogP contribution < -0.4 is 5.32 Å². The molecule has 1 aromatic carbocycles. The summed E-state index contributed by atoms with van der Waals surface area (Å²) in [6.07, 6.45) is -4.41. The Morgan fingerprint density at radius 3 is 2.43 bits per heavy atom. The molecule has 0 atom stereocenters. The summed E-state index contributed by atoms with van der Waals surface area (Å²) < 4.78 is 39.2. The van der Waals surface area contributed by atoms with Crippen LogP contribution in [0.25, 0.3) is 0 Å². The van der Waals surface area contributed by atoms with Gasteiger partial charge in [0.1, 0.15) is 5.15 Å². The van der Waals surface area contributed by atoms with Gasteiger partial charge in [0, 0.05) is 19.2 Å². The van der Waals surface area contributed by atoms with E-state index in [4.69, 9.17) is 23.2 Å². The van der Waals surface area contributed by atoms with Gasteiger partial charge < -0.3 is 5.32 Å². The van der Waals surface area contributed by atoms with Gasteiger partial charge in [0.2, 0.25) is 0 Å². The third-order valence-corrected chi connectivity index (χ3v) is 3.81. The first kappa shape index (κ1) is 16.0. The summed E-state index contributed by atoms with van der Waals surface area (Å²) in [7, 11) is 1.71. The molecule has 0 saturated heterocycles. The number of halogens is 5. The smallest absolute Gasteiger partial charge is 0.380 e. The van der Waals surface area contributed by atoms with Crippen molar-refractivity contribution >= 4 is 28.9 Å². The van der Waals surface area contributed by atoms with Crippen LogP contribution >= 0.6 is 23.2 Å². The van der Waals surface area contributed by atoms with Crippen LogP contribution in [0.2, 0.25) is 10.2 Å². The van der Waals surface area contributed by atoms with Crippen LogP contribution in [0.1, 0.15) is 16.8 Å². The minimum absolute atomic E-state index is 0.00231. The van der Waals surface area contributed by atoms with E-state index in [1.807, 2.05) is 0 Å². The van der Waals surface area contributed by atoms with Crippen molar-refractivity contribution in [1.82, 2.24) is 9.78 Å². The Morgan fingerprint density at radius 2 is 1.95 bits per heavy atom. The summed E-state index contributed by atoms with van der Waals surface area (Å²) in [5.41, 5.74) is 1.14. The van der Waals surface area contributed by atoms with Crippen LogP contribution in [-0.4, -0.2) is 9.78 Å². The highest BCUT2D eigenvalue weighted by Crippen LogP contribution is 2.34. The number of nitrogens with one attached hydrogen (secondary N) is 1. The van der Waals surface area contributed by atoms with Crippen molar-refractivity contribution in [2.24, 2.45) is 7.05 Å². The van der Waals surface area contributed by atoms with E-state index in [-0.39, 0.29) is 5.02 Å². The summed E-state index contributed by atoms with van der Waals surface area (Å²) in [4.78, 5) is 0. The SMILES string of the molecule is Cc1nn(C)c(Cl)c1CNc1ccc(C(F)(F)F)cc1Cl. The molecule has 0 aliphatic carbocycles. The Hall–Kier alpha value is -1.40. The third kappa shape index (κ3) is 3.44. The molecule has 0 saturated carbocycles. The van der Waals surface area contributed by atoms with Crippen molar-refractivity contribution in [3.63, 3.8) is 0 Å². The maximum absolute atomic E-state index is 12.6. The zero-order valence-electron chi connectivity index (χ0n) is 11.2. The maximum atomic E-state index is 12.6. The molecule has 0 amide bonds. The van der Waals surface area contributed by atoms with E-state index in [1.165, 1.54) is 10.7 Å². The fourth-order valence-electron chi connectivity index (χ4n) is 1.89. The highest BCUT2D eigenvalue weighted by molar-refractivity contribution is 6.33. The maximum Gasteiger partial charge on any atom is 0.416 e. The molecule has 21 heavy (non-hydrogen) atoms. The van der Waals surface area contributed by atoms with E-state index in [1.54, 1.807) is 14.0 Å². The standard InChI is InChI=1S/C13H12Cl2F3N3/c1-7-9(12(15)21(2)20-7)6-19-11-4-3-8(5-10(11)14)13(16,17)18/h3-5,19H,6H2,1-2H3. The second-order valence-electron chi connectivity index (χ2n) is 4.52. The van der Waals surface area contributed by atoms with Crippen LogP contribution in [0, 0.1) is 6.92 Å². The Kier molecular flexibility index (Phi) is 4.39. The highest BCUT2D eigenvalue weighted by atomic mass is 35.5. The second-order valence-corrected chi connectivity index (χ2v) is 5.29. The lowest BCUT2D eigenvalue weighted by Gasteiger charge is -2.11. The van der Waals surface area contributed by atoms with E-state index in [0.29, 0.717) is 17.4 Å². The highest BCUT2D eigenvalue weighted by Gasteiger charge is 2.30. The van der Waals surface area contributed by atoms with Gasteiger partial charge in [-0.25, -0.2) is 0 Å². The summed E-state index contributed by atoms with van der Waals surface area (Å²) >= 11 is 12.0. The summed E-state index contributed by atoms with van der Waals surface area (Å²) in [5.74, 6) is 0. The number of benzene rings is 1. The molecule has 3 nitrogen and oxygen atoms in total. The first-order chi connectivity index (χ1) is 9.70. The van der Waals surface area contributed by atoms with Crippen molar-refractivity contribution in [3.05, 3.63) is 45.2 Å². The van der Waals surface area contributed by atoms with E-state index >= 15 is 0 Å². The molecule has 114 valence electrons. The largest absolute Gasteiger partial charge is 0.416 e. The van der Waals surface area contributed by atoms with Gasteiger partial charge in [0.15, 0.2) is 0 Å². The lowest BCUT2D eigenvalue weighted by atomic mass is 10.2. The third-order valence-electron chi connectivity index (χ3n) is 3.02. The number of aryl methyl sites for hydroxylation is 2. The Balaban J connectivity index is 2.17. The first-order valence-corrected chi connectivity index (χ1v) is 6.74. The second kappa shape index (κ2) is 5.77. The number of alkyl halides is 3. The topological polar surface area (TPSA) is 29.9 Å². The molecule has 0 unspecified atom stereocenters.